The summed E-state index contributed by atoms with van der Waals surface area (Å²) >= 11 is 0. The predicted octanol–water partition coefficient (Wildman–Crippen LogP) is 2.36. The van der Waals surface area contributed by atoms with E-state index in [0.717, 1.165) is 0 Å². The van der Waals surface area contributed by atoms with E-state index in [-0.39, 0.29) is 11.8 Å². The maximum Gasteiger partial charge on any atom is 0.307 e. The van der Waals surface area contributed by atoms with Crippen LogP contribution in [0.15, 0.2) is 18.2 Å². The molecular formula is C12H14O2. The highest BCUT2D eigenvalue weighted by molar-refractivity contribution is 5.73. The fourth-order valence-corrected chi connectivity index (χ4v) is 2.49. The second-order valence-corrected chi connectivity index (χ2v) is 4.09. The van der Waals surface area contributed by atoms with Crippen LogP contribution in [-0.4, -0.2) is 11.1 Å². The first-order valence-corrected chi connectivity index (χ1v) is 4.92. The summed E-state index contributed by atoms with van der Waals surface area (Å²) in [6, 6.07) is 6.10. The van der Waals surface area contributed by atoms with Crippen LogP contribution in [0.5, 0.6) is 0 Å². The first-order chi connectivity index (χ1) is 6.61. The zero-order valence-electron chi connectivity index (χ0n) is 8.45. The van der Waals surface area contributed by atoms with E-state index in [9.17, 15) is 4.79 Å². The summed E-state index contributed by atoms with van der Waals surface area (Å²) < 4.78 is 0. The fraction of sp³-hybridized carbons (Fsp3) is 0.417. The number of hydrogen-bond acceptors (Lipinski definition) is 1. The van der Waals surface area contributed by atoms with E-state index in [1.165, 1.54) is 16.7 Å². The third-order valence-corrected chi connectivity index (χ3v) is 3.23. The number of benzene rings is 1. The number of carboxylic acid groups (broad SMARTS) is 1. The Balaban J connectivity index is 2.46. The summed E-state index contributed by atoms with van der Waals surface area (Å²) in [4.78, 5) is 11.0. The van der Waals surface area contributed by atoms with Crippen molar-refractivity contribution in [3.63, 3.8) is 0 Å². The van der Waals surface area contributed by atoms with Crippen molar-refractivity contribution in [2.45, 2.75) is 26.2 Å². The van der Waals surface area contributed by atoms with Crippen LogP contribution in [0.1, 0.15) is 29.5 Å². The van der Waals surface area contributed by atoms with Crippen LogP contribution in [0.25, 0.3) is 0 Å². The van der Waals surface area contributed by atoms with Gasteiger partial charge in [0.2, 0.25) is 0 Å². The summed E-state index contributed by atoms with van der Waals surface area (Å²) in [7, 11) is 0. The van der Waals surface area contributed by atoms with Crippen molar-refractivity contribution in [2.75, 3.05) is 0 Å². The van der Waals surface area contributed by atoms with Crippen LogP contribution in [0.4, 0.5) is 0 Å². The number of aliphatic carboxylic acids is 1. The lowest BCUT2D eigenvalue weighted by molar-refractivity contribution is -0.142. The van der Waals surface area contributed by atoms with Gasteiger partial charge in [0.05, 0.1) is 5.92 Å². The highest BCUT2D eigenvalue weighted by atomic mass is 16.4. The Morgan fingerprint density at radius 2 is 2.21 bits per heavy atom. The number of carboxylic acids is 1. The quantitative estimate of drug-likeness (QED) is 0.738. The Labute approximate surface area is 83.6 Å². The maximum absolute atomic E-state index is 11.0. The van der Waals surface area contributed by atoms with E-state index >= 15 is 0 Å². The Kier molecular flexibility index (Phi) is 2.06. The Morgan fingerprint density at radius 1 is 1.50 bits per heavy atom. The van der Waals surface area contributed by atoms with Crippen LogP contribution in [0.3, 0.4) is 0 Å². The summed E-state index contributed by atoms with van der Waals surface area (Å²) in [5.41, 5.74) is 3.68. The molecular weight excluding hydrogens is 176 g/mol. The van der Waals surface area contributed by atoms with Crippen LogP contribution in [0.2, 0.25) is 0 Å². The first-order valence-electron chi connectivity index (χ1n) is 4.92. The molecule has 0 bridgehead atoms. The molecule has 1 aromatic rings. The monoisotopic (exact) mass is 190 g/mol. The maximum atomic E-state index is 11.0. The normalized spacial score (nSPS) is 24.7. The smallest absolute Gasteiger partial charge is 0.307 e. The van der Waals surface area contributed by atoms with Gasteiger partial charge < -0.3 is 5.11 Å². The summed E-state index contributed by atoms with van der Waals surface area (Å²) in [5, 5.41) is 9.05. The van der Waals surface area contributed by atoms with Crippen molar-refractivity contribution in [3.05, 3.63) is 34.9 Å². The molecule has 14 heavy (non-hydrogen) atoms. The van der Waals surface area contributed by atoms with Gasteiger partial charge in [0.15, 0.2) is 0 Å². The van der Waals surface area contributed by atoms with Gasteiger partial charge in [-0.2, -0.15) is 0 Å². The molecule has 0 radical (unpaired) electrons. The molecule has 1 aliphatic rings. The minimum Gasteiger partial charge on any atom is -0.481 e. The Hall–Kier alpha value is -1.31. The molecule has 0 spiro atoms. The second-order valence-electron chi connectivity index (χ2n) is 4.09. The molecule has 0 amide bonds. The lowest BCUT2D eigenvalue weighted by Crippen LogP contribution is -2.16. The van der Waals surface area contributed by atoms with Crippen molar-refractivity contribution < 1.29 is 9.90 Å². The van der Waals surface area contributed by atoms with Crippen molar-refractivity contribution >= 4 is 5.97 Å². The van der Waals surface area contributed by atoms with Gasteiger partial charge in [-0.1, -0.05) is 25.1 Å². The minimum absolute atomic E-state index is 0.156. The number of hydrogen-bond donors (Lipinski definition) is 1. The van der Waals surface area contributed by atoms with Gasteiger partial charge in [-0.25, -0.2) is 0 Å². The van der Waals surface area contributed by atoms with Gasteiger partial charge in [-0.3, -0.25) is 4.79 Å². The zero-order chi connectivity index (χ0) is 10.3. The van der Waals surface area contributed by atoms with Gasteiger partial charge >= 0.3 is 5.97 Å². The van der Waals surface area contributed by atoms with E-state index in [0.29, 0.717) is 6.42 Å². The largest absolute Gasteiger partial charge is 0.481 e. The molecule has 1 N–H and O–H groups in total. The SMILES string of the molecule is Cc1cccc2c1[C@@H](C)[C@H](C(=O)O)C2. The van der Waals surface area contributed by atoms with Crippen molar-refractivity contribution in [2.24, 2.45) is 5.92 Å². The molecule has 0 saturated heterocycles. The van der Waals surface area contributed by atoms with Gasteiger partial charge in [0, 0.05) is 0 Å². The average Bonchev–Trinajstić information content (AvgIpc) is 2.45. The molecule has 0 fully saturated rings. The topological polar surface area (TPSA) is 37.3 Å². The molecule has 0 saturated carbocycles. The second kappa shape index (κ2) is 3.12. The molecule has 2 nitrogen and oxygen atoms in total. The lowest BCUT2D eigenvalue weighted by Gasteiger charge is -2.12. The molecule has 1 aliphatic carbocycles. The number of carbonyl (C=O) groups is 1. The molecule has 74 valence electrons. The number of fused-ring (bicyclic) bond motifs is 1. The molecule has 0 aliphatic heterocycles. The van der Waals surface area contributed by atoms with Gasteiger partial charge in [0.1, 0.15) is 0 Å². The van der Waals surface area contributed by atoms with Gasteiger partial charge in [-0.05, 0) is 36.0 Å². The predicted molar refractivity (Wildman–Crippen MR) is 54.4 cm³/mol. The lowest BCUT2D eigenvalue weighted by atomic mass is 9.92. The molecule has 0 heterocycles. The van der Waals surface area contributed by atoms with Crippen LogP contribution >= 0.6 is 0 Å². The summed E-state index contributed by atoms with van der Waals surface area (Å²) in [6.07, 6.45) is 0.688. The van der Waals surface area contributed by atoms with E-state index in [1.54, 1.807) is 0 Å². The van der Waals surface area contributed by atoms with E-state index in [2.05, 4.69) is 13.0 Å². The average molecular weight is 190 g/mol. The van der Waals surface area contributed by atoms with E-state index in [4.69, 9.17) is 5.11 Å². The Bertz CT molecular complexity index is 382. The van der Waals surface area contributed by atoms with Crippen molar-refractivity contribution in [1.29, 1.82) is 0 Å². The number of aryl methyl sites for hydroxylation is 1. The van der Waals surface area contributed by atoms with Gasteiger partial charge in [0.25, 0.3) is 0 Å². The summed E-state index contributed by atoms with van der Waals surface area (Å²) in [5.74, 6) is -0.747. The van der Waals surface area contributed by atoms with Crippen LogP contribution < -0.4 is 0 Å². The molecule has 0 unspecified atom stereocenters. The van der Waals surface area contributed by atoms with Crippen LogP contribution in [0, 0.1) is 12.8 Å². The standard InChI is InChI=1S/C12H14O2/c1-7-4-3-5-9-6-10(12(13)14)8(2)11(7)9/h3-5,8,10H,6H2,1-2H3,(H,13,14)/t8-,10+/m0/s1. The minimum atomic E-state index is -0.673. The molecule has 1 aromatic carbocycles. The highest BCUT2D eigenvalue weighted by Gasteiger charge is 2.34. The van der Waals surface area contributed by atoms with E-state index in [1.807, 2.05) is 19.1 Å². The number of rotatable bonds is 1. The fourth-order valence-electron chi connectivity index (χ4n) is 2.49. The Morgan fingerprint density at radius 3 is 2.79 bits per heavy atom. The summed E-state index contributed by atoms with van der Waals surface area (Å²) in [6.45, 7) is 4.07. The van der Waals surface area contributed by atoms with Crippen molar-refractivity contribution in [3.8, 4) is 0 Å². The molecule has 0 aromatic heterocycles. The van der Waals surface area contributed by atoms with Crippen LogP contribution in [-0.2, 0) is 11.2 Å². The molecule has 2 atom stereocenters. The van der Waals surface area contributed by atoms with Gasteiger partial charge in [-0.15, -0.1) is 0 Å². The highest BCUT2D eigenvalue weighted by Crippen LogP contribution is 2.39. The third kappa shape index (κ3) is 1.22. The molecule has 2 heteroatoms. The first kappa shape index (κ1) is 9.25. The third-order valence-electron chi connectivity index (χ3n) is 3.23. The molecule has 2 rings (SSSR count). The van der Waals surface area contributed by atoms with Crippen molar-refractivity contribution in [1.82, 2.24) is 0 Å². The zero-order valence-corrected chi connectivity index (χ0v) is 8.45. The van der Waals surface area contributed by atoms with E-state index < -0.39 is 5.97 Å².